The second-order valence-corrected chi connectivity index (χ2v) is 5.78. The average Bonchev–Trinajstić information content (AvgIpc) is 2.93. The molecule has 0 aliphatic carbocycles. The van der Waals surface area contributed by atoms with E-state index in [1.807, 2.05) is 0 Å². The van der Waals surface area contributed by atoms with Crippen LogP contribution in [0.5, 0.6) is 5.75 Å². The second kappa shape index (κ2) is 5.93. The summed E-state index contributed by atoms with van der Waals surface area (Å²) in [4.78, 5) is 2.49. The van der Waals surface area contributed by atoms with Gasteiger partial charge in [-0.05, 0) is 48.9 Å². The van der Waals surface area contributed by atoms with Crippen LogP contribution in [0.3, 0.4) is 0 Å². The quantitative estimate of drug-likeness (QED) is 0.898. The van der Waals surface area contributed by atoms with E-state index in [2.05, 4.69) is 23.1 Å². The fourth-order valence-electron chi connectivity index (χ4n) is 3.19. The number of rotatable bonds is 4. The van der Waals surface area contributed by atoms with Crippen LogP contribution in [0, 0.1) is 5.92 Å². The van der Waals surface area contributed by atoms with E-state index in [-0.39, 0.29) is 0 Å². The summed E-state index contributed by atoms with van der Waals surface area (Å²) in [6, 6.07) is 6.61. The minimum absolute atomic E-state index is 0.340. The minimum atomic E-state index is 0.340. The molecule has 0 aromatic heterocycles. The van der Waals surface area contributed by atoms with Gasteiger partial charge in [-0.15, -0.1) is 0 Å². The highest BCUT2D eigenvalue weighted by molar-refractivity contribution is 5.39. The number of hydrogen-bond donors (Lipinski definition) is 1. The maximum atomic E-state index is 9.26. The van der Waals surface area contributed by atoms with Gasteiger partial charge in [0.15, 0.2) is 0 Å². The maximum absolute atomic E-state index is 9.26. The molecule has 0 bridgehead atoms. The fraction of sp³-hybridized carbons (Fsp3) is 0.625. The molecule has 3 nitrogen and oxygen atoms in total. The van der Waals surface area contributed by atoms with Crippen molar-refractivity contribution in [3.05, 3.63) is 29.3 Å². The number of ether oxygens (including phenoxy) is 1. The molecular weight excluding hydrogens is 238 g/mol. The van der Waals surface area contributed by atoms with Crippen LogP contribution in [0.15, 0.2) is 18.2 Å². The van der Waals surface area contributed by atoms with E-state index in [1.165, 1.54) is 30.5 Å². The topological polar surface area (TPSA) is 32.7 Å². The van der Waals surface area contributed by atoms with E-state index in [1.54, 1.807) is 0 Å². The number of fused-ring (bicyclic) bond motifs is 1. The van der Waals surface area contributed by atoms with Crippen molar-refractivity contribution in [3.63, 3.8) is 0 Å². The number of piperidine rings is 1. The highest BCUT2D eigenvalue weighted by atomic mass is 16.5. The zero-order chi connectivity index (χ0) is 13.1. The maximum Gasteiger partial charge on any atom is 0.122 e. The predicted molar refractivity (Wildman–Crippen MR) is 75.6 cm³/mol. The summed E-state index contributed by atoms with van der Waals surface area (Å²) >= 11 is 0. The third kappa shape index (κ3) is 3.10. The predicted octanol–water partition coefficient (Wildman–Crippen LogP) is 1.87. The summed E-state index contributed by atoms with van der Waals surface area (Å²) < 4.78 is 5.54. The molecule has 1 aromatic carbocycles. The lowest BCUT2D eigenvalue weighted by Crippen LogP contribution is -2.37. The standard InChI is InChI=1S/C16H23NO2/c18-12-14-2-1-7-17(11-14)8-5-13-3-4-16-15(10-13)6-9-19-16/h3-4,10,14,18H,1-2,5-9,11-12H2. The highest BCUT2D eigenvalue weighted by Crippen LogP contribution is 2.26. The summed E-state index contributed by atoms with van der Waals surface area (Å²) in [5, 5.41) is 9.26. The van der Waals surface area contributed by atoms with Gasteiger partial charge in [-0.3, -0.25) is 0 Å². The Hall–Kier alpha value is -1.06. The van der Waals surface area contributed by atoms with Crippen LogP contribution in [-0.4, -0.2) is 42.9 Å². The van der Waals surface area contributed by atoms with Crippen LogP contribution in [-0.2, 0) is 12.8 Å². The van der Waals surface area contributed by atoms with Crippen molar-refractivity contribution < 1.29 is 9.84 Å². The Bertz CT molecular complexity index is 433. The summed E-state index contributed by atoms with van der Waals surface area (Å²) in [6.07, 6.45) is 4.57. The van der Waals surface area contributed by atoms with E-state index < -0.39 is 0 Å². The molecule has 3 rings (SSSR count). The molecule has 2 aliphatic heterocycles. The van der Waals surface area contributed by atoms with Crippen molar-refractivity contribution in [2.75, 3.05) is 32.8 Å². The Balaban J connectivity index is 1.54. The molecule has 104 valence electrons. The number of likely N-dealkylation sites (tertiary alicyclic amines) is 1. The SMILES string of the molecule is OCC1CCCN(CCc2ccc3c(c2)CCO3)C1. The first-order chi connectivity index (χ1) is 9.35. The van der Waals surface area contributed by atoms with Crippen molar-refractivity contribution in [2.24, 2.45) is 5.92 Å². The smallest absolute Gasteiger partial charge is 0.122 e. The Morgan fingerprint density at radius 3 is 3.21 bits per heavy atom. The van der Waals surface area contributed by atoms with Gasteiger partial charge in [-0.1, -0.05) is 12.1 Å². The van der Waals surface area contributed by atoms with Crippen LogP contribution < -0.4 is 4.74 Å². The molecule has 1 N–H and O–H groups in total. The van der Waals surface area contributed by atoms with E-state index >= 15 is 0 Å². The minimum Gasteiger partial charge on any atom is -0.493 e. The number of nitrogens with zero attached hydrogens (tertiary/aromatic N) is 1. The molecule has 1 unspecified atom stereocenters. The Morgan fingerprint density at radius 1 is 1.37 bits per heavy atom. The average molecular weight is 261 g/mol. The molecule has 1 aromatic rings. The van der Waals surface area contributed by atoms with E-state index in [0.717, 1.165) is 38.3 Å². The molecule has 0 spiro atoms. The molecule has 1 atom stereocenters. The van der Waals surface area contributed by atoms with Gasteiger partial charge in [0.1, 0.15) is 5.75 Å². The second-order valence-electron chi connectivity index (χ2n) is 5.78. The Kier molecular flexibility index (Phi) is 4.04. The monoisotopic (exact) mass is 261 g/mol. The first-order valence-electron chi connectivity index (χ1n) is 7.43. The van der Waals surface area contributed by atoms with E-state index in [9.17, 15) is 5.11 Å². The molecule has 1 saturated heterocycles. The molecule has 0 amide bonds. The zero-order valence-corrected chi connectivity index (χ0v) is 11.5. The van der Waals surface area contributed by atoms with Crippen molar-refractivity contribution in [1.82, 2.24) is 4.90 Å². The zero-order valence-electron chi connectivity index (χ0n) is 11.5. The lowest BCUT2D eigenvalue weighted by molar-refractivity contribution is 0.121. The van der Waals surface area contributed by atoms with Gasteiger partial charge in [-0.25, -0.2) is 0 Å². The van der Waals surface area contributed by atoms with Crippen molar-refractivity contribution in [2.45, 2.75) is 25.7 Å². The molecule has 0 radical (unpaired) electrons. The molecule has 2 heterocycles. The molecule has 19 heavy (non-hydrogen) atoms. The van der Waals surface area contributed by atoms with Crippen LogP contribution in [0.4, 0.5) is 0 Å². The molecule has 3 heteroatoms. The van der Waals surface area contributed by atoms with Crippen LogP contribution >= 0.6 is 0 Å². The molecule has 1 fully saturated rings. The van der Waals surface area contributed by atoms with Gasteiger partial charge in [0.25, 0.3) is 0 Å². The lowest BCUT2D eigenvalue weighted by atomic mass is 9.98. The largest absolute Gasteiger partial charge is 0.493 e. The van der Waals surface area contributed by atoms with Gasteiger partial charge in [0, 0.05) is 26.1 Å². The van der Waals surface area contributed by atoms with Crippen LogP contribution in [0.2, 0.25) is 0 Å². The van der Waals surface area contributed by atoms with Crippen LogP contribution in [0.25, 0.3) is 0 Å². The van der Waals surface area contributed by atoms with Gasteiger partial charge >= 0.3 is 0 Å². The number of benzene rings is 1. The van der Waals surface area contributed by atoms with Crippen LogP contribution in [0.1, 0.15) is 24.0 Å². The van der Waals surface area contributed by atoms with Gasteiger partial charge in [0.2, 0.25) is 0 Å². The molecule has 0 saturated carbocycles. The summed E-state index contributed by atoms with van der Waals surface area (Å²) in [5.74, 6) is 1.56. The first kappa shape index (κ1) is 12.9. The summed E-state index contributed by atoms with van der Waals surface area (Å²) in [5.41, 5.74) is 2.78. The van der Waals surface area contributed by atoms with Crippen molar-refractivity contribution in [3.8, 4) is 5.75 Å². The summed E-state index contributed by atoms with van der Waals surface area (Å²) in [6.45, 7) is 4.53. The van der Waals surface area contributed by atoms with Crippen molar-refractivity contribution >= 4 is 0 Å². The normalized spacial score (nSPS) is 23.1. The lowest BCUT2D eigenvalue weighted by Gasteiger charge is -2.31. The molecular formula is C16H23NO2. The van der Waals surface area contributed by atoms with Gasteiger partial charge in [-0.2, -0.15) is 0 Å². The number of aliphatic hydroxyl groups excluding tert-OH is 1. The Labute approximate surface area is 115 Å². The van der Waals surface area contributed by atoms with E-state index in [4.69, 9.17) is 4.74 Å². The Morgan fingerprint density at radius 2 is 2.32 bits per heavy atom. The van der Waals surface area contributed by atoms with Gasteiger partial charge < -0.3 is 14.7 Å². The third-order valence-corrected chi connectivity index (χ3v) is 4.33. The number of hydrogen-bond acceptors (Lipinski definition) is 3. The molecule has 2 aliphatic rings. The third-order valence-electron chi connectivity index (χ3n) is 4.33. The first-order valence-corrected chi connectivity index (χ1v) is 7.43. The highest BCUT2D eigenvalue weighted by Gasteiger charge is 2.19. The number of aliphatic hydroxyl groups is 1. The van der Waals surface area contributed by atoms with E-state index in [0.29, 0.717) is 12.5 Å². The van der Waals surface area contributed by atoms with Gasteiger partial charge in [0.05, 0.1) is 6.61 Å². The van der Waals surface area contributed by atoms with Crippen molar-refractivity contribution in [1.29, 1.82) is 0 Å². The fourth-order valence-corrected chi connectivity index (χ4v) is 3.19. The summed E-state index contributed by atoms with van der Waals surface area (Å²) in [7, 11) is 0.